The molecule has 1 unspecified atom stereocenters. The van der Waals surface area contributed by atoms with Crippen LogP contribution in [0.15, 0.2) is 24.3 Å². The van der Waals surface area contributed by atoms with Gasteiger partial charge in [0, 0.05) is 0 Å². The first kappa shape index (κ1) is 12.5. The molecule has 1 atom stereocenters. The molecule has 17 heavy (non-hydrogen) atoms. The number of halogens is 1. The second-order valence-corrected chi connectivity index (χ2v) is 4.52. The highest BCUT2D eigenvalue weighted by molar-refractivity contribution is 5.17. The van der Waals surface area contributed by atoms with E-state index in [0.29, 0.717) is 19.1 Å². The largest absolute Gasteiger partial charge is 0.378 e. The zero-order chi connectivity index (χ0) is 11.9. The molecule has 1 saturated heterocycles. The molecule has 0 spiro atoms. The molecule has 1 heterocycles. The van der Waals surface area contributed by atoms with Gasteiger partial charge in [0.15, 0.2) is 0 Å². The fourth-order valence-corrected chi connectivity index (χ4v) is 2.19. The zero-order valence-electron chi connectivity index (χ0n) is 10.1. The van der Waals surface area contributed by atoms with Crippen LogP contribution in [0.3, 0.4) is 0 Å². The van der Waals surface area contributed by atoms with Gasteiger partial charge in [-0.2, -0.15) is 0 Å². The van der Waals surface area contributed by atoms with Crippen LogP contribution >= 0.6 is 0 Å². The van der Waals surface area contributed by atoms with E-state index in [0.717, 1.165) is 31.5 Å². The quantitative estimate of drug-likeness (QED) is 0.869. The molecule has 1 aromatic rings. The Bertz CT molecular complexity index is 335. The molecule has 0 saturated carbocycles. The van der Waals surface area contributed by atoms with E-state index in [1.165, 1.54) is 12.5 Å². The van der Waals surface area contributed by atoms with Gasteiger partial charge >= 0.3 is 0 Å². The van der Waals surface area contributed by atoms with Gasteiger partial charge in [-0.15, -0.1) is 0 Å². The van der Waals surface area contributed by atoms with Gasteiger partial charge in [-0.05, 0) is 50.4 Å². The number of nitrogens with one attached hydrogen (secondary N) is 1. The molecule has 2 rings (SSSR count). The van der Waals surface area contributed by atoms with Crippen LogP contribution in [-0.4, -0.2) is 25.8 Å². The summed E-state index contributed by atoms with van der Waals surface area (Å²) in [4.78, 5) is 0. The highest BCUT2D eigenvalue weighted by Gasteiger charge is 2.12. The third-order valence-corrected chi connectivity index (χ3v) is 3.21. The van der Waals surface area contributed by atoms with Gasteiger partial charge in [0.1, 0.15) is 5.82 Å². The van der Waals surface area contributed by atoms with Gasteiger partial charge in [0.2, 0.25) is 0 Å². The average Bonchev–Trinajstić information content (AvgIpc) is 2.60. The van der Waals surface area contributed by atoms with Gasteiger partial charge in [-0.3, -0.25) is 0 Å². The smallest absolute Gasteiger partial charge is 0.126 e. The van der Waals surface area contributed by atoms with Crippen molar-refractivity contribution in [2.24, 2.45) is 0 Å². The molecule has 1 aromatic carbocycles. The van der Waals surface area contributed by atoms with Gasteiger partial charge in [0.25, 0.3) is 0 Å². The minimum absolute atomic E-state index is 0.126. The van der Waals surface area contributed by atoms with Crippen molar-refractivity contribution < 1.29 is 9.13 Å². The minimum atomic E-state index is -0.126. The van der Waals surface area contributed by atoms with Crippen molar-refractivity contribution in [3.05, 3.63) is 35.6 Å². The number of ether oxygens (including phenoxy) is 1. The second kappa shape index (κ2) is 6.72. The Labute approximate surface area is 102 Å². The van der Waals surface area contributed by atoms with Crippen LogP contribution in [0.2, 0.25) is 0 Å². The molecule has 0 aromatic heterocycles. The van der Waals surface area contributed by atoms with Gasteiger partial charge < -0.3 is 10.1 Å². The predicted octanol–water partition coefficient (Wildman–Crippen LogP) is 2.53. The lowest BCUT2D eigenvalue weighted by Crippen LogP contribution is -2.18. The first-order chi connectivity index (χ1) is 8.36. The van der Waals surface area contributed by atoms with Gasteiger partial charge in [0.05, 0.1) is 12.7 Å². The second-order valence-electron chi connectivity index (χ2n) is 4.52. The molecule has 1 aliphatic rings. The van der Waals surface area contributed by atoms with Crippen LogP contribution in [0.4, 0.5) is 4.39 Å². The summed E-state index contributed by atoms with van der Waals surface area (Å²) in [6.07, 6.45) is 4.36. The van der Waals surface area contributed by atoms with E-state index in [1.807, 2.05) is 12.1 Å². The summed E-state index contributed by atoms with van der Waals surface area (Å²) < 4.78 is 19.2. The Morgan fingerprint density at radius 1 is 1.24 bits per heavy atom. The van der Waals surface area contributed by atoms with Crippen molar-refractivity contribution >= 4 is 0 Å². The minimum Gasteiger partial charge on any atom is -0.378 e. The Hall–Kier alpha value is -0.930. The predicted molar refractivity (Wildman–Crippen MR) is 66.6 cm³/mol. The molecular weight excluding hydrogens is 217 g/mol. The highest BCUT2D eigenvalue weighted by atomic mass is 19.1. The molecule has 2 nitrogen and oxygen atoms in total. The molecule has 0 aliphatic carbocycles. The highest BCUT2D eigenvalue weighted by Crippen LogP contribution is 2.12. The third-order valence-electron chi connectivity index (χ3n) is 3.21. The monoisotopic (exact) mass is 237 g/mol. The van der Waals surface area contributed by atoms with Crippen molar-refractivity contribution in [3.8, 4) is 0 Å². The van der Waals surface area contributed by atoms with E-state index in [-0.39, 0.29) is 5.82 Å². The van der Waals surface area contributed by atoms with E-state index in [1.54, 1.807) is 6.07 Å². The Morgan fingerprint density at radius 2 is 2.12 bits per heavy atom. The molecule has 0 radical (unpaired) electrons. The summed E-state index contributed by atoms with van der Waals surface area (Å²) in [5.41, 5.74) is 0.749. The number of hydrogen-bond acceptors (Lipinski definition) is 2. The van der Waals surface area contributed by atoms with Crippen LogP contribution in [0.25, 0.3) is 0 Å². The van der Waals surface area contributed by atoms with Crippen molar-refractivity contribution in [1.29, 1.82) is 0 Å². The summed E-state index contributed by atoms with van der Waals surface area (Å²) in [6, 6.07) is 6.92. The Morgan fingerprint density at radius 3 is 3.00 bits per heavy atom. The molecule has 1 N–H and O–H groups in total. The van der Waals surface area contributed by atoms with Crippen LogP contribution in [0.5, 0.6) is 0 Å². The summed E-state index contributed by atoms with van der Waals surface area (Å²) in [5.74, 6) is -0.126. The van der Waals surface area contributed by atoms with Crippen molar-refractivity contribution in [2.45, 2.75) is 31.8 Å². The van der Waals surface area contributed by atoms with Gasteiger partial charge in [-0.25, -0.2) is 4.39 Å². The summed E-state index contributed by atoms with van der Waals surface area (Å²) in [5, 5.41) is 3.35. The molecular formula is C14H20FNO. The fourth-order valence-electron chi connectivity index (χ4n) is 2.19. The molecule has 94 valence electrons. The lowest BCUT2D eigenvalue weighted by atomic mass is 10.1. The first-order valence-electron chi connectivity index (χ1n) is 6.42. The standard InChI is InChI=1S/C14H20FNO/c15-14-6-2-1-4-12(14)8-11-17-13-5-3-9-16-10-7-13/h1-2,4,6,13,16H,3,5,7-11H2. The SMILES string of the molecule is Fc1ccccc1CCOC1CCCNCC1. The molecule has 1 aliphatic heterocycles. The van der Waals surface area contributed by atoms with Crippen molar-refractivity contribution in [3.63, 3.8) is 0 Å². The van der Waals surface area contributed by atoms with Crippen molar-refractivity contribution in [2.75, 3.05) is 19.7 Å². The van der Waals surface area contributed by atoms with Crippen LogP contribution in [0.1, 0.15) is 24.8 Å². The van der Waals surface area contributed by atoms with E-state index < -0.39 is 0 Å². The summed E-state index contributed by atoms with van der Waals surface area (Å²) in [7, 11) is 0. The average molecular weight is 237 g/mol. The van der Waals surface area contributed by atoms with E-state index in [4.69, 9.17) is 4.74 Å². The lowest BCUT2D eigenvalue weighted by Gasteiger charge is -2.15. The number of benzene rings is 1. The molecule has 1 fully saturated rings. The Kier molecular flexibility index (Phi) is 4.95. The van der Waals surface area contributed by atoms with Gasteiger partial charge in [-0.1, -0.05) is 18.2 Å². The summed E-state index contributed by atoms with van der Waals surface area (Å²) >= 11 is 0. The topological polar surface area (TPSA) is 21.3 Å². The normalized spacial score (nSPS) is 21.1. The molecule has 0 bridgehead atoms. The Balaban J connectivity index is 1.73. The van der Waals surface area contributed by atoms with Crippen LogP contribution < -0.4 is 5.32 Å². The first-order valence-corrected chi connectivity index (χ1v) is 6.42. The van der Waals surface area contributed by atoms with Crippen LogP contribution in [-0.2, 0) is 11.2 Å². The molecule has 3 heteroatoms. The van der Waals surface area contributed by atoms with Crippen molar-refractivity contribution in [1.82, 2.24) is 5.32 Å². The zero-order valence-corrected chi connectivity index (χ0v) is 10.1. The maximum absolute atomic E-state index is 13.4. The number of hydrogen-bond donors (Lipinski definition) is 1. The fraction of sp³-hybridized carbons (Fsp3) is 0.571. The number of rotatable bonds is 4. The maximum Gasteiger partial charge on any atom is 0.126 e. The molecule has 0 amide bonds. The van der Waals surface area contributed by atoms with E-state index >= 15 is 0 Å². The van der Waals surface area contributed by atoms with Crippen LogP contribution in [0, 0.1) is 5.82 Å². The van der Waals surface area contributed by atoms with E-state index in [9.17, 15) is 4.39 Å². The lowest BCUT2D eigenvalue weighted by molar-refractivity contribution is 0.0472. The summed E-state index contributed by atoms with van der Waals surface area (Å²) in [6.45, 7) is 2.74. The third kappa shape index (κ3) is 4.10. The maximum atomic E-state index is 13.4. The van der Waals surface area contributed by atoms with E-state index in [2.05, 4.69) is 5.32 Å².